The van der Waals surface area contributed by atoms with Gasteiger partial charge in [-0.2, -0.15) is 0 Å². The Bertz CT molecular complexity index is 810. The van der Waals surface area contributed by atoms with Crippen LogP contribution >= 0.6 is 23.1 Å². The molecule has 0 bridgehead atoms. The Morgan fingerprint density at radius 2 is 2.00 bits per heavy atom. The van der Waals surface area contributed by atoms with Crippen molar-refractivity contribution in [2.24, 2.45) is 0 Å². The summed E-state index contributed by atoms with van der Waals surface area (Å²) in [6.07, 6.45) is 0. The summed E-state index contributed by atoms with van der Waals surface area (Å²) in [5.74, 6) is -0.955. The second kappa shape index (κ2) is 5.46. The van der Waals surface area contributed by atoms with E-state index < -0.39 is 5.97 Å². The Morgan fingerprint density at radius 3 is 2.71 bits per heavy atom. The number of carbonyl (C=O) groups is 1. The molecule has 106 valence electrons. The Hall–Kier alpha value is -1.92. The van der Waals surface area contributed by atoms with Crippen LogP contribution in [0.4, 0.5) is 0 Å². The van der Waals surface area contributed by atoms with E-state index in [4.69, 9.17) is 0 Å². The zero-order valence-electron chi connectivity index (χ0n) is 11.5. The first-order valence-corrected chi connectivity index (χ1v) is 7.93. The van der Waals surface area contributed by atoms with Crippen LogP contribution in [0.3, 0.4) is 0 Å². The summed E-state index contributed by atoms with van der Waals surface area (Å²) in [5, 5.41) is 9.38. The molecule has 0 aliphatic rings. The van der Waals surface area contributed by atoms with E-state index in [9.17, 15) is 9.90 Å². The molecule has 0 amide bonds. The van der Waals surface area contributed by atoms with Crippen LogP contribution in [0.5, 0.6) is 0 Å². The molecule has 1 aromatic carbocycles. The number of hydrogen-bond donors (Lipinski definition) is 1. The van der Waals surface area contributed by atoms with Crippen LogP contribution in [0, 0.1) is 13.8 Å². The zero-order chi connectivity index (χ0) is 15.0. The van der Waals surface area contributed by atoms with Gasteiger partial charge < -0.3 is 5.11 Å². The van der Waals surface area contributed by atoms with Crippen molar-refractivity contribution in [3.8, 4) is 0 Å². The minimum atomic E-state index is -0.955. The van der Waals surface area contributed by atoms with Crippen molar-refractivity contribution >= 4 is 39.3 Å². The minimum Gasteiger partial charge on any atom is -0.478 e. The lowest BCUT2D eigenvalue weighted by Gasteiger charge is -2.07. The van der Waals surface area contributed by atoms with E-state index in [2.05, 4.69) is 9.97 Å². The summed E-state index contributed by atoms with van der Waals surface area (Å²) < 4.78 is 1.93. The van der Waals surface area contributed by atoms with E-state index in [0.29, 0.717) is 10.6 Å². The van der Waals surface area contributed by atoms with E-state index in [1.807, 2.05) is 31.2 Å². The summed E-state index contributed by atoms with van der Waals surface area (Å²) in [7, 11) is 0. The molecule has 0 saturated carbocycles. The predicted molar refractivity (Wildman–Crippen MR) is 84.4 cm³/mol. The first kappa shape index (κ1) is 14.0. The van der Waals surface area contributed by atoms with Crippen LogP contribution in [-0.4, -0.2) is 21.0 Å². The predicted octanol–water partition coefficient (Wildman–Crippen LogP) is 4.16. The second-order valence-corrected chi connectivity index (χ2v) is 6.90. The summed E-state index contributed by atoms with van der Waals surface area (Å²) in [5.41, 5.74) is 2.53. The van der Waals surface area contributed by atoms with Crippen molar-refractivity contribution in [2.45, 2.75) is 23.1 Å². The van der Waals surface area contributed by atoms with Gasteiger partial charge in [0.2, 0.25) is 0 Å². The molecule has 0 atom stereocenters. The molecule has 3 rings (SSSR count). The number of nitrogens with zero attached hydrogens (tertiary/aromatic N) is 2. The van der Waals surface area contributed by atoms with Crippen molar-refractivity contribution in [3.05, 3.63) is 47.3 Å². The zero-order valence-corrected chi connectivity index (χ0v) is 13.1. The topological polar surface area (TPSA) is 63.1 Å². The molecular weight excluding hydrogens is 304 g/mol. The lowest BCUT2D eigenvalue weighted by Crippen LogP contribution is -2.05. The van der Waals surface area contributed by atoms with E-state index in [1.54, 1.807) is 24.3 Å². The van der Waals surface area contributed by atoms with Gasteiger partial charge in [0.05, 0.1) is 21.5 Å². The SMILES string of the molecule is Cc1cc(Sc2nc3ccccc3s2)c(C(=O)O)c(C)n1. The van der Waals surface area contributed by atoms with E-state index >= 15 is 0 Å². The van der Waals surface area contributed by atoms with Crippen LogP contribution in [-0.2, 0) is 0 Å². The summed E-state index contributed by atoms with van der Waals surface area (Å²) in [6.45, 7) is 3.58. The largest absolute Gasteiger partial charge is 0.478 e. The molecule has 0 spiro atoms. The van der Waals surface area contributed by atoms with E-state index in [-0.39, 0.29) is 5.56 Å². The molecule has 21 heavy (non-hydrogen) atoms. The maximum atomic E-state index is 11.4. The van der Waals surface area contributed by atoms with Crippen LogP contribution in [0.15, 0.2) is 39.6 Å². The number of aromatic nitrogens is 2. The number of pyridine rings is 1. The molecule has 0 aliphatic carbocycles. The maximum absolute atomic E-state index is 11.4. The van der Waals surface area contributed by atoms with Crippen molar-refractivity contribution in [1.29, 1.82) is 0 Å². The number of fused-ring (bicyclic) bond motifs is 1. The number of rotatable bonds is 3. The summed E-state index contributed by atoms with van der Waals surface area (Å²) >= 11 is 2.95. The number of para-hydroxylation sites is 1. The molecule has 2 aromatic heterocycles. The molecule has 1 N–H and O–H groups in total. The Labute approximate surface area is 129 Å². The molecule has 0 unspecified atom stereocenters. The average Bonchev–Trinajstić information content (AvgIpc) is 2.79. The van der Waals surface area contributed by atoms with Gasteiger partial charge in [-0.25, -0.2) is 9.78 Å². The lowest BCUT2D eigenvalue weighted by molar-refractivity contribution is 0.0691. The number of aryl methyl sites for hydroxylation is 2. The van der Waals surface area contributed by atoms with E-state index in [1.165, 1.54) is 11.8 Å². The fraction of sp³-hybridized carbons (Fsp3) is 0.133. The highest BCUT2D eigenvalue weighted by Gasteiger charge is 2.17. The fourth-order valence-corrected chi connectivity index (χ4v) is 4.42. The summed E-state index contributed by atoms with van der Waals surface area (Å²) in [6, 6.07) is 9.68. The first-order chi connectivity index (χ1) is 10.0. The highest BCUT2D eigenvalue weighted by molar-refractivity contribution is 8.01. The number of thiazole rings is 1. The van der Waals surface area contributed by atoms with Gasteiger partial charge in [0.15, 0.2) is 4.34 Å². The quantitative estimate of drug-likeness (QED) is 0.786. The highest BCUT2D eigenvalue weighted by atomic mass is 32.2. The molecule has 4 nitrogen and oxygen atoms in total. The fourth-order valence-electron chi connectivity index (χ4n) is 2.12. The van der Waals surface area contributed by atoms with Gasteiger partial charge in [-0.05, 0) is 32.0 Å². The normalized spacial score (nSPS) is 11.0. The maximum Gasteiger partial charge on any atom is 0.338 e. The number of carboxylic acids is 1. The van der Waals surface area contributed by atoms with Gasteiger partial charge in [-0.3, -0.25) is 4.98 Å². The first-order valence-electron chi connectivity index (χ1n) is 6.29. The second-order valence-electron chi connectivity index (χ2n) is 4.58. The smallest absolute Gasteiger partial charge is 0.338 e. The average molecular weight is 316 g/mol. The van der Waals surface area contributed by atoms with Crippen molar-refractivity contribution in [3.63, 3.8) is 0 Å². The number of aromatic carboxylic acids is 1. The molecule has 3 aromatic rings. The summed E-state index contributed by atoms with van der Waals surface area (Å²) in [4.78, 5) is 20.9. The van der Waals surface area contributed by atoms with E-state index in [0.717, 1.165) is 20.3 Å². The molecule has 0 saturated heterocycles. The van der Waals surface area contributed by atoms with Crippen molar-refractivity contribution in [2.75, 3.05) is 0 Å². The van der Waals surface area contributed by atoms with Gasteiger partial charge in [0, 0.05) is 10.6 Å². The molecule has 0 aliphatic heterocycles. The van der Waals surface area contributed by atoms with Gasteiger partial charge in [-0.15, -0.1) is 11.3 Å². The third-order valence-corrected chi connectivity index (χ3v) is 5.12. The van der Waals surface area contributed by atoms with Crippen LogP contribution in [0.25, 0.3) is 10.2 Å². The van der Waals surface area contributed by atoms with Gasteiger partial charge in [0.1, 0.15) is 0 Å². The minimum absolute atomic E-state index is 0.254. The highest BCUT2D eigenvalue weighted by Crippen LogP contribution is 2.36. The lowest BCUT2D eigenvalue weighted by atomic mass is 10.2. The third-order valence-electron chi connectivity index (χ3n) is 2.98. The molecular formula is C15H12N2O2S2. The van der Waals surface area contributed by atoms with Gasteiger partial charge in [-0.1, -0.05) is 23.9 Å². The van der Waals surface area contributed by atoms with Crippen molar-refractivity contribution < 1.29 is 9.90 Å². The van der Waals surface area contributed by atoms with Gasteiger partial charge in [0.25, 0.3) is 0 Å². The standard InChI is InChI=1S/C15H12N2O2S2/c1-8-7-12(13(14(18)19)9(2)16-8)21-15-17-10-5-3-4-6-11(10)20-15/h3-7H,1-2H3,(H,18,19). The van der Waals surface area contributed by atoms with Crippen molar-refractivity contribution in [1.82, 2.24) is 9.97 Å². The molecule has 0 radical (unpaired) electrons. The number of benzene rings is 1. The molecule has 2 heterocycles. The monoisotopic (exact) mass is 316 g/mol. The number of hydrogen-bond acceptors (Lipinski definition) is 5. The Morgan fingerprint density at radius 1 is 1.24 bits per heavy atom. The van der Waals surface area contributed by atoms with Crippen LogP contribution in [0.1, 0.15) is 21.7 Å². The van der Waals surface area contributed by atoms with Crippen LogP contribution < -0.4 is 0 Å². The molecule has 0 fully saturated rings. The Kier molecular flexibility index (Phi) is 3.65. The molecule has 6 heteroatoms. The third kappa shape index (κ3) is 2.77. The Balaban J connectivity index is 2.06. The van der Waals surface area contributed by atoms with Gasteiger partial charge >= 0.3 is 5.97 Å². The number of carboxylic acid groups (broad SMARTS) is 1. The van der Waals surface area contributed by atoms with Crippen LogP contribution in [0.2, 0.25) is 0 Å².